The van der Waals surface area contributed by atoms with Crippen molar-refractivity contribution in [3.8, 4) is 5.75 Å². The highest BCUT2D eigenvalue weighted by Crippen LogP contribution is 2.32. The average molecular weight is 361 g/mol. The fraction of sp³-hybridized carbons (Fsp3) is 0.421. The first-order chi connectivity index (χ1) is 11.9. The maximum absolute atomic E-state index is 6.13. The van der Waals surface area contributed by atoms with Crippen LogP contribution in [0.15, 0.2) is 42.6 Å². The van der Waals surface area contributed by atoms with Crippen molar-refractivity contribution in [2.24, 2.45) is 0 Å². The second kappa shape index (κ2) is 8.52. The van der Waals surface area contributed by atoms with Crippen LogP contribution in [0.3, 0.4) is 0 Å². The number of aromatic nitrogens is 1. The number of nitrogens with one attached hydrogen (secondary N) is 1. The lowest BCUT2D eigenvalue weighted by Gasteiger charge is -2.30. The molecule has 3 heterocycles. The maximum Gasteiger partial charge on any atom is 0.171 e. The molecular formula is C19H25ClN4O. The first-order valence-corrected chi connectivity index (χ1v) is 8.73. The highest BCUT2D eigenvalue weighted by molar-refractivity contribution is 5.85. The van der Waals surface area contributed by atoms with E-state index >= 15 is 0 Å². The standard InChI is InChI=1S/C19H24N4O.ClH/c1-2-4-16(5-3-1)14-22-12-13-24-18-17(15-22)6-7-21-19(18)23-10-8-20-9-11-23;/h1-7,20H,8-15H2;1H. The molecule has 0 amide bonds. The molecular weight excluding hydrogens is 336 g/mol. The Morgan fingerprint density at radius 3 is 2.64 bits per heavy atom. The lowest BCUT2D eigenvalue weighted by molar-refractivity contribution is 0.219. The molecule has 0 unspecified atom stereocenters. The van der Waals surface area contributed by atoms with Crippen molar-refractivity contribution in [3.63, 3.8) is 0 Å². The summed E-state index contributed by atoms with van der Waals surface area (Å²) < 4.78 is 6.13. The molecule has 6 heteroatoms. The largest absolute Gasteiger partial charge is 0.488 e. The van der Waals surface area contributed by atoms with Gasteiger partial charge < -0.3 is 15.0 Å². The number of ether oxygens (including phenoxy) is 1. The molecule has 0 radical (unpaired) electrons. The van der Waals surface area contributed by atoms with Crippen LogP contribution >= 0.6 is 12.4 Å². The van der Waals surface area contributed by atoms with Crippen molar-refractivity contribution < 1.29 is 4.74 Å². The number of anilines is 1. The van der Waals surface area contributed by atoms with Crippen molar-refractivity contribution in [2.45, 2.75) is 13.1 Å². The molecule has 2 aliphatic rings. The Kier molecular flexibility index (Phi) is 6.13. The summed E-state index contributed by atoms with van der Waals surface area (Å²) in [7, 11) is 0. The fourth-order valence-corrected chi connectivity index (χ4v) is 3.43. The van der Waals surface area contributed by atoms with E-state index in [9.17, 15) is 0 Å². The Hall–Kier alpha value is -1.82. The first kappa shape index (κ1) is 18.0. The van der Waals surface area contributed by atoms with Crippen LogP contribution in [0.4, 0.5) is 5.82 Å². The number of nitrogens with zero attached hydrogens (tertiary/aromatic N) is 3. The molecule has 0 aliphatic carbocycles. The fourth-order valence-electron chi connectivity index (χ4n) is 3.43. The minimum absolute atomic E-state index is 0. The quantitative estimate of drug-likeness (QED) is 0.909. The van der Waals surface area contributed by atoms with Crippen LogP contribution in [0.1, 0.15) is 11.1 Å². The van der Waals surface area contributed by atoms with Crippen LogP contribution in [-0.4, -0.2) is 49.2 Å². The van der Waals surface area contributed by atoms with Gasteiger partial charge in [-0.25, -0.2) is 4.98 Å². The van der Waals surface area contributed by atoms with Crippen LogP contribution in [0, 0.1) is 0 Å². The van der Waals surface area contributed by atoms with E-state index in [-0.39, 0.29) is 12.4 Å². The summed E-state index contributed by atoms with van der Waals surface area (Å²) in [5.41, 5.74) is 2.59. The Labute approximate surface area is 155 Å². The monoisotopic (exact) mass is 360 g/mol. The molecule has 25 heavy (non-hydrogen) atoms. The third kappa shape index (κ3) is 4.24. The van der Waals surface area contributed by atoms with Crippen molar-refractivity contribution in [1.29, 1.82) is 0 Å². The predicted molar refractivity (Wildman–Crippen MR) is 103 cm³/mol. The molecule has 134 valence electrons. The zero-order chi connectivity index (χ0) is 16.2. The normalized spacial score (nSPS) is 17.8. The lowest BCUT2D eigenvalue weighted by atomic mass is 10.1. The number of hydrogen-bond acceptors (Lipinski definition) is 5. The molecule has 1 aromatic carbocycles. The third-order valence-electron chi connectivity index (χ3n) is 4.68. The van der Waals surface area contributed by atoms with Gasteiger partial charge in [-0.05, 0) is 11.6 Å². The van der Waals surface area contributed by atoms with Gasteiger partial charge in [-0.2, -0.15) is 0 Å². The van der Waals surface area contributed by atoms with Gasteiger partial charge in [-0.15, -0.1) is 12.4 Å². The first-order valence-electron chi connectivity index (χ1n) is 8.73. The van der Waals surface area contributed by atoms with Gasteiger partial charge in [0.2, 0.25) is 0 Å². The van der Waals surface area contributed by atoms with E-state index < -0.39 is 0 Å². The molecule has 0 atom stereocenters. The molecule has 0 bridgehead atoms. The highest BCUT2D eigenvalue weighted by Gasteiger charge is 2.23. The second-order valence-electron chi connectivity index (χ2n) is 6.40. The number of halogens is 1. The third-order valence-corrected chi connectivity index (χ3v) is 4.68. The number of hydrogen-bond donors (Lipinski definition) is 1. The Morgan fingerprint density at radius 2 is 1.84 bits per heavy atom. The van der Waals surface area contributed by atoms with Crippen LogP contribution in [0.5, 0.6) is 5.75 Å². The van der Waals surface area contributed by atoms with Crippen LogP contribution < -0.4 is 15.0 Å². The van der Waals surface area contributed by atoms with Gasteiger partial charge in [0, 0.05) is 57.6 Å². The summed E-state index contributed by atoms with van der Waals surface area (Å²) in [5, 5.41) is 3.39. The molecule has 1 saturated heterocycles. The van der Waals surface area contributed by atoms with E-state index in [1.54, 1.807) is 0 Å². The second-order valence-corrected chi connectivity index (χ2v) is 6.40. The highest BCUT2D eigenvalue weighted by atomic mass is 35.5. The van der Waals surface area contributed by atoms with Crippen molar-refractivity contribution in [1.82, 2.24) is 15.2 Å². The zero-order valence-corrected chi connectivity index (χ0v) is 15.2. The summed E-state index contributed by atoms with van der Waals surface area (Å²) in [6, 6.07) is 12.7. The minimum atomic E-state index is 0. The molecule has 4 rings (SSSR count). The number of piperazine rings is 1. The Morgan fingerprint density at radius 1 is 1.04 bits per heavy atom. The molecule has 5 nitrogen and oxygen atoms in total. The van der Waals surface area contributed by atoms with Crippen LogP contribution in [0.25, 0.3) is 0 Å². The lowest BCUT2D eigenvalue weighted by Crippen LogP contribution is -2.44. The summed E-state index contributed by atoms with van der Waals surface area (Å²) in [5.74, 6) is 1.99. The molecule has 2 aliphatic heterocycles. The summed E-state index contributed by atoms with van der Waals surface area (Å²) in [6.07, 6.45) is 1.92. The SMILES string of the molecule is Cl.c1ccc(CN2CCOc3c(ccnc3N3CCNCC3)C2)cc1. The summed E-state index contributed by atoms with van der Waals surface area (Å²) in [4.78, 5) is 9.40. The van der Waals surface area contributed by atoms with Gasteiger partial charge in [-0.3, -0.25) is 4.90 Å². The van der Waals surface area contributed by atoms with E-state index in [0.29, 0.717) is 6.61 Å². The van der Waals surface area contributed by atoms with Gasteiger partial charge in [0.1, 0.15) is 6.61 Å². The average Bonchev–Trinajstić information content (AvgIpc) is 2.85. The van der Waals surface area contributed by atoms with Crippen molar-refractivity contribution in [2.75, 3.05) is 44.2 Å². The molecule has 0 spiro atoms. The number of benzene rings is 1. The van der Waals surface area contributed by atoms with Crippen molar-refractivity contribution in [3.05, 3.63) is 53.7 Å². The van der Waals surface area contributed by atoms with E-state index in [4.69, 9.17) is 4.74 Å². The molecule has 1 aromatic heterocycles. The van der Waals surface area contributed by atoms with Crippen molar-refractivity contribution >= 4 is 18.2 Å². The Balaban J connectivity index is 0.00000182. The van der Waals surface area contributed by atoms with E-state index in [0.717, 1.165) is 57.4 Å². The predicted octanol–water partition coefficient (Wildman–Crippen LogP) is 2.31. The molecule has 2 aromatic rings. The minimum Gasteiger partial charge on any atom is -0.488 e. The van der Waals surface area contributed by atoms with E-state index in [1.807, 2.05) is 6.20 Å². The Bertz CT molecular complexity index is 676. The van der Waals surface area contributed by atoms with Crippen LogP contribution in [0.2, 0.25) is 0 Å². The van der Waals surface area contributed by atoms with E-state index in [2.05, 4.69) is 56.5 Å². The molecule has 0 saturated carbocycles. The summed E-state index contributed by atoms with van der Waals surface area (Å²) in [6.45, 7) is 7.49. The molecule has 1 N–H and O–H groups in total. The van der Waals surface area contributed by atoms with Gasteiger partial charge >= 0.3 is 0 Å². The van der Waals surface area contributed by atoms with Crippen LogP contribution in [-0.2, 0) is 13.1 Å². The summed E-state index contributed by atoms with van der Waals surface area (Å²) >= 11 is 0. The van der Waals surface area contributed by atoms with Gasteiger partial charge in [0.25, 0.3) is 0 Å². The number of rotatable bonds is 3. The number of fused-ring (bicyclic) bond motifs is 1. The van der Waals surface area contributed by atoms with E-state index in [1.165, 1.54) is 11.1 Å². The zero-order valence-electron chi connectivity index (χ0n) is 14.4. The topological polar surface area (TPSA) is 40.6 Å². The van der Waals surface area contributed by atoms with Gasteiger partial charge in [-0.1, -0.05) is 30.3 Å². The van der Waals surface area contributed by atoms with Gasteiger partial charge in [0.15, 0.2) is 11.6 Å². The number of pyridine rings is 1. The van der Waals surface area contributed by atoms with Gasteiger partial charge in [0.05, 0.1) is 0 Å². The smallest absolute Gasteiger partial charge is 0.171 e. The maximum atomic E-state index is 6.13. The molecule has 1 fully saturated rings.